The van der Waals surface area contributed by atoms with Crippen LogP contribution in [-0.4, -0.2) is 25.8 Å². The Hall–Kier alpha value is -4.39. The van der Waals surface area contributed by atoms with Gasteiger partial charge in [-0.15, -0.1) is 0 Å². The standard InChI is InChI=1S/C26H18FN3O4S/c27-21-10-6-19(7-11-21)25-23(17-8-12-22(13-9-17)35(29,32)33)14-20(15-28)26(30-25)34-16-24(31)18-4-2-1-3-5-18/h1-14H,16H2,(H2,29,32,33). The van der Waals surface area contributed by atoms with Crippen molar-refractivity contribution in [3.05, 3.63) is 102 Å². The van der Waals surface area contributed by atoms with Crippen LogP contribution >= 0.6 is 0 Å². The van der Waals surface area contributed by atoms with Crippen molar-refractivity contribution in [2.45, 2.75) is 4.90 Å². The first kappa shape index (κ1) is 23.8. The number of rotatable bonds is 7. The highest BCUT2D eigenvalue weighted by atomic mass is 32.2. The van der Waals surface area contributed by atoms with Gasteiger partial charge in [-0.2, -0.15) is 5.26 Å². The van der Waals surface area contributed by atoms with Gasteiger partial charge in [-0.3, -0.25) is 4.79 Å². The van der Waals surface area contributed by atoms with Crippen LogP contribution < -0.4 is 9.88 Å². The number of carbonyl (C=O) groups is 1. The molecule has 0 aliphatic carbocycles. The van der Waals surface area contributed by atoms with Crippen LogP contribution in [-0.2, 0) is 10.0 Å². The van der Waals surface area contributed by atoms with Crippen molar-refractivity contribution in [3.8, 4) is 34.3 Å². The lowest BCUT2D eigenvalue weighted by molar-refractivity contribution is 0.0918. The molecule has 1 heterocycles. The van der Waals surface area contributed by atoms with E-state index in [4.69, 9.17) is 9.88 Å². The molecule has 0 unspecified atom stereocenters. The first-order valence-corrected chi connectivity index (χ1v) is 11.9. The molecule has 7 nitrogen and oxygen atoms in total. The molecule has 0 atom stereocenters. The zero-order chi connectivity index (χ0) is 25.0. The maximum atomic E-state index is 13.6. The Balaban J connectivity index is 1.78. The molecule has 3 aromatic carbocycles. The predicted octanol–water partition coefficient (Wildman–Crippen LogP) is 4.34. The van der Waals surface area contributed by atoms with E-state index in [1.165, 1.54) is 54.6 Å². The maximum Gasteiger partial charge on any atom is 0.238 e. The Kier molecular flexibility index (Phi) is 6.68. The van der Waals surface area contributed by atoms with E-state index < -0.39 is 15.8 Å². The number of ether oxygens (including phenoxy) is 1. The van der Waals surface area contributed by atoms with Crippen molar-refractivity contribution in [2.75, 3.05) is 6.61 Å². The van der Waals surface area contributed by atoms with Gasteiger partial charge in [-0.05, 0) is 48.0 Å². The minimum Gasteiger partial charge on any atom is -0.468 e. The second kappa shape index (κ2) is 9.85. The molecule has 4 aromatic rings. The van der Waals surface area contributed by atoms with E-state index in [0.29, 0.717) is 27.9 Å². The topological polar surface area (TPSA) is 123 Å². The molecule has 2 N–H and O–H groups in total. The van der Waals surface area contributed by atoms with Crippen molar-refractivity contribution < 1.29 is 22.3 Å². The molecular formula is C26H18FN3O4S. The molecule has 0 aliphatic rings. The van der Waals surface area contributed by atoms with Crippen molar-refractivity contribution >= 4 is 15.8 Å². The summed E-state index contributed by atoms with van der Waals surface area (Å²) < 4.78 is 42.4. The predicted molar refractivity (Wildman–Crippen MR) is 127 cm³/mol. The number of hydrogen-bond donors (Lipinski definition) is 1. The van der Waals surface area contributed by atoms with Gasteiger partial charge in [-0.25, -0.2) is 22.9 Å². The van der Waals surface area contributed by atoms with Gasteiger partial charge in [0.1, 0.15) is 17.4 Å². The number of pyridine rings is 1. The number of primary sulfonamides is 1. The Bertz CT molecular complexity index is 1530. The molecule has 0 radical (unpaired) electrons. The normalized spacial score (nSPS) is 11.0. The van der Waals surface area contributed by atoms with Gasteiger partial charge in [-0.1, -0.05) is 42.5 Å². The Morgan fingerprint density at radius 3 is 2.20 bits per heavy atom. The average Bonchev–Trinajstić information content (AvgIpc) is 2.87. The van der Waals surface area contributed by atoms with Gasteiger partial charge in [0.05, 0.1) is 10.6 Å². The molecule has 0 bridgehead atoms. The van der Waals surface area contributed by atoms with Gasteiger partial charge in [0.25, 0.3) is 0 Å². The summed E-state index contributed by atoms with van der Waals surface area (Å²) >= 11 is 0. The Morgan fingerprint density at radius 1 is 0.971 bits per heavy atom. The Labute approximate surface area is 201 Å². The van der Waals surface area contributed by atoms with E-state index >= 15 is 0 Å². The smallest absolute Gasteiger partial charge is 0.238 e. The lowest BCUT2D eigenvalue weighted by atomic mass is 9.98. The van der Waals surface area contributed by atoms with Gasteiger partial charge in [0.15, 0.2) is 12.4 Å². The van der Waals surface area contributed by atoms with E-state index in [2.05, 4.69) is 4.98 Å². The lowest BCUT2D eigenvalue weighted by Gasteiger charge is -2.14. The Morgan fingerprint density at radius 2 is 1.60 bits per heavy atom. The number of sulfonamides is 1. The van der Waals surface area contributed by atoms with Crippen LogP contribution in [0.2, 0.25) is 0 Å². The summed E-state index contributed by atoms with van der Waals surface area (Å²) in [6, 6.07) is 23.4. The SMILES string of the molecule is N#Cc1cc(-c2ccc(S(N)(=O)=O)cc2)c(-c2ccc(F)cc2)nc1OCC(=O)c1ccccc1. The average molecular weight is 488 g/mol. The molecule has 1 aromatic heterocycles. The summed E-state index contributed by atoms with van der Waals surface area (Å²) in [5.74, 6) is -0.783. The van der Waals surface area contributed by atoms with Crippen LogP contribution in [0.25, 0.3) is 22.4 Å². The summed E-state index contributed by atoms with van der Waals surface area (Å²) in [4.78, 5) is 16.9. The second-order valence-corrected chi connectivity index (χ2v) is 9.06. The van der Waals surface area contributed by atoms with Crippen molar-refractivity contribution in [1.29, 1.82) is 5.26 Å². The van der Waals surface area contributed by atoms with E-state index in [-0.39, 0.29) is 28.7 Å². The minimum atomic E-state index is -3.89. The molecule has 4 rings (SSSR count). The van der Waals surface area contributed by atoms with E-state index in [1.54, 1.807) is 30.3 Å². The van der Waals surface area contributed by atoms with E-state index in [0.717, 1.165) is 0 Å². The zero-order valence-electron chi connectivity index (χ0n) is 18.2. The van der Waals surface area contributed by atoms with Crippen LogP contribution in [0.1, 0.15) is 15.9 Å². The quantitative estimate of drug-likeness (QED) is 0.387. The van der Waals surface area contributed by atoms with Crippen molar-refractivity contribution in [3.63, 3.8) is 0 Å². The number of nitrogens with two attached hydrogens (primary N) is 1. The molecule has 0 saturated heterocycles. The van der Waals surface area contributed by atoms with Crippen LogP contribution in [0.15, 0.2) is 89.8 Å². The van der Waals surface area contributed by atoms with Crippen LogP contribution in [0.3, 0.4) is 0 Å². The largest absolute Gasteiger partial charge is 0.468 e. The van der Waals surface area contributed by atoms with E-state index in [1.807, 2.05) is 6.07 Å². The maximum absolute atomic E-state index is 13.6. The summed E-state index contributed by atoms with van der Waals surface area (Å²) in [5, 5.41) is 14.9. The first-order valence-electron chi connectivity index (χ1n) is 10.3. The van der Waals surface area contributed by atoms with E-state index in [9.17, 15) is 22.9 Å². The molecule has 0 amide bonds. The molecule has 0 aliphatic heterocycles. The summed E-state index contributed by atoms with van der Waals surface area (Å²) in [7, 11) is -3.89. The number of hydrogen-bond acceptors (Lipinski definition) is 6. The number of halogens is 1. The minimum absolute atomic E-state index is 0.0546. The zero-order valence-corrected chi connectivity index (χ0v) is 19.0. The van der Waals surface area contributed by atoms with Gasteiger partial charge in [0.2, 0.25) is 15.9 Å². The third-order valence-electron chi connectivity index (χ3n) is 5.16. The molecule has 9 heteroatoms. The fourth-order valence-electron chi connectivity index (χ4n) is 3.40. The number of ketones is 1. The fraction of sp³-hybridized carbons (Fsp3) is 0.0385. The number of benzene rings is 3. The molecular weight excluding hydrogens is 469 g/mol. The number of nitriles is 1. The van der Waals surface area contributed by atoms with Gasteiger partial charge < -0.3 is 4.74 Å². The lowest BCUT2D eigenvalue weighted by Crippen LogP contribution is -2.13. The number of carbonyl (C=O) groups excluding carboxylic acids is 1. The highest BCUT2D eigenvalue weighted by Gasteiger charge is 2.18. The highest BCUT2D eigenvalue weighted by Crippen LogP contribution is 2.35. The van der Waals surface area contributed by atoms with Crippen molar-refractivity contribution in [2.24, 2.45) is 5.14 Å². The third kappa shape index (κ3) is 5.41. The third-order valence-corrected chi connectivity index (χ3v) is 6.08. The molecule has 0 saturated carbocycles. The van der Waals surface area contributed by atoms with Crippen molar-refractivity contribution in [1.82, 2.24) is 4.98 Å². The van der Waals surface area contributed by atoms with Gasteiger partial charge in [0, 0.05) is 16.7 Å². The number of nitrogens with zero attached hydrogens (tertiary/aromatic N) is 2. The molecule has 0 spiro atoms. The molecule has 174 valence electrons. The summed E-state index contributed by atoms with van der Waals surface area (Å²) in [6.45, 7) is -0.336. The van der Waals surface area contributed by atoms with Crippen LogP contribution in [0.5, 0.6) is 5.88 Å². The monoisotopic (exact) mass is 487 g/mol. The van der Waals surface area contributed by atoms with Crippen LogP contribution in [0.4, 0.5) is 4.39 Å². The van der Waals surface area contributed by atoms with Crippen LogP contribution in [0, 0.1) is 17.1 Å². The number of aromatic nitrogens is 1. The fourth-order valence-corrected chi connectivity index (χ4v) is 3.92. The first-order chi connectivity index (χ1) is 16.8. The summed E-state index contributed by atoms with van der Waals surface area (Å²) in [6.07, 6.45) is 0. The second-order valence-electron chi connectivity index (χ2n) is 7.50. The van der Waals surface area contributed by atoms with Gasteiger partial charge >= 0.3 is 0 Å². The molecule has 35 heavy (non-hydrogen) atoms. The number of Topliss-reactive ketones (excluding diaryl/α,β-unsaturated/α-hetero) is 1. The highest BCUT2D eigenvalue weighted by molar-refractivity contribution is 7.89. The summed E-state index contributed by atoms with van der Waals surface area (Å²) in [5.41, 5.74) is 2.44. The molecule has 0 fully saturated rings.